The van der Waals surface area contributed by atoms with Crippen molar-refractivity contribution in [3.05, 3.63) is 35.9 Å². The van der Waals surface area contributed by atoms with Crippen molar-refractivity contribution in [3.63, 3.8) is 0 Å². The van der Waals surface area contributed by atoms with Crippen LogP contribution in [0.15, 0.2) is 35.5 Å². The second-order valence-electron chi connectivity index (χ2n) is 10.1. The van der Waals surface area contributed by atoms with E-state index in [0.29, 0.717) is 54.1 Å². The van der Waals surface area contributed by atoms with Crippen molar-refractivity contribution in [2.45, 2.75) is 68.5 Å². The average Bonchev–Trinajstić information content (AvgIpc) is 3.47. The summed E-state index contributed by atoms with van der Waals surface area (Å²) in [5.74, 6) is 1.73. The fourth-order valence-electron chi connectivity index (χ4n) is 5.15. The van der Waals surface area contributed by atoms with Crippen LogP contribution in [-0.4, -0.2) is 84.7 Å². The summed E-state index contributed by atoms with van der Waals surface area (Å²) in [7, 11) is 0. The van der Waals surface area contributed by atoms with Crippen LogP contribution in [0.4, 0.5) is 5.82 Å². The van der Waals surface area contributed by atoms with E-state index in [0.717, 1.165) is 18.6 Å². The largest absolute Gasteiger partial charge is 0.390 e. The molecule has 2 heterocycles. The Morgan fingerprint density at radius 1 is 1.13 bits per heavy atom. The lowest BCUT2D eigenvalue weighted by molar-refractivity contribution is -0.118. The maximum absolute atomic E-state index is 11.0. The van der Waals surface area contributed by atoms with Gasteiger partial charge in [0.15, 0.2) is 22.1 Å². The first kappa shape index (κ1) is 26.8. The Bertz CT molecular complexity index is 1240. The van der Waals surface area contributed by atoms with E-state index in [1.807, 2.05) is 6.07 Å². The third kappa shape index (κ3) is 5.93. The Hall–Kier alpha value is -2.80. The van der Waals surface area contributed by atoms with E-state index in [1.54, 1.807) is 16.4 Å². The number of thioether (sulfide) groups is 1. The second-order valence-corrected chi connectivity index (χ2v) is 11.2. The molecule has 38 heavy (non-hydrogen) atoms. The van der Waals surface area contributed by atoms with Crippen LogP contribution in [0.1, 0.15) is 50.6 Å². The number of nitrogens with zero attached hydrogens (tertiary/aromatic N) is 5. The SMILES string of the molecule is CCCSc1nc(NC2CC2c2ccccc2)c2nnn([C@@H]3C[C@H](CNCCNC(C)=O)[C@@H](O)[C@H]3O)c2n1. The molecule has 0 saturated heterocycles. The van der Waals surface area contributed by atoms with E-state index in [9.17, 15) is 15.0 Å². The van der Waals surface area contributed by atoms with Crippen LogP contribution in [-0.2, 0) is 4.79 Å². The summed E-state index contributed by atoms with van der Waals surface area (Å²) in [6.07, 6.45) is 0.641. The molecule has 0 radical (unpaired) electrons. The molecule has 204 valence electrons. The van der Waals surface area contributed by atoms with Crippen LogP contribution in [0.2, 0.25) is 0 Å². The molecule has 0 bridgehead atoms. The number of carbonyl (C=O) groups is 1. The zero-order valence-electron chi connectivity index (χ0n) is 21.7. The molecular formula is C26H36N8O3S. The van der Waals surface area contributed by atoms with Crippen LogP contribution in [0.3, 0.4) is 0 Å². The van der Waals surface area contributed by atoms with E-state index in [2.05, 4.69) is 57.5 Å². The van der Waals surface area contributed by atoms with Crippen molar-refractivity contribution in [1.82, 2.24) is 35.6 Å². The molecule has 1 aromatic carbocycles. The molecule has 1 amide bonds. The predicted molar refractivity (Wildman–Crippen MR) is 146 cm³/mol. The number of aliphatic hydroxyl groups is 2. The van der Waals surface area contributed by atoms with Crippen molar-refractivity contribution in [2.75, 3.05) is 30.7 Å². The Morgan fingerprint density at radius 3 is 2.71 bits per heavy atom. The summed E-state index contributed by atoms with van der Waals surface area (Å²) in [5.41, 5.74) is 2.44. The van der Waals surface area contributed by atoms with Gasteiger partial charge in [-0.05, 0) is 24.8 Å². The highest BCUT2D eigenvalue weighted by molar-refractivity contribution is 7.99. The average molecular weight is 541 g/mol. The smallest absolute Gasteiger partial charge is 0.216 e. The molecule has 2 fully saturated rings. The Morgan fingerprint density at radius 2 is 1.95 bits per heavy atom. The number of rotatable bonds is 12. The fourth-order valence-corrected chi connectivity index (χ4v) is 5.84. The van der Waals surface area contributed by atoms with Crippen molar-refractivity contribution in [2.24, 2.45) is 5.92 Å². The molecule has 2 aliphatic rings. The summed E-state index contributed by atoms with van der Waals surface area (Å²) < 4.78 is 1.66. The van der Waals surface area contributed by atoms with Gasteiger partial charge >= 0.3 is 0 Å². The van der Waals surface area contributed by atoms with E-state index >= 15 is 0 Å². The number of hydrogen-bond donors (Lipinski definition) is 5. The van der Waals surface area contributed by atoms with Crippen LogP contribution < -0.4 is 16.0 Å². The quantitative estimate of drug-likeness (QED) is 0.130. The van der Waals surface area contributed by atoms with Gasteiger partial charge in [0, 0.05) is 50.2 Å². The molecule has 0 spiro atoms. The number of hydrogen-bond acceptors (Lipinski definition) is 10. The van der Waals surface area contributed by atoms with Gasteiger partial charge in [0.2, 0.25) is 5.91 Å². The lowest BCUT2D eigenvalue weighted by atomic mass is 10.1. The lowest BCUT2D eigenvalue weighted by Crippen LogP contribution is -2.36. The van der Waals surface area contributed by atoms with Crippen molar-refractivity contribution in [3.8, 4) is 0 Å². The second kappa shape index (κ2) is 11.9. The highest BCUT2D eigenvalue weighted by Crippen LogP contribution is 2.43. The van der Waals surface area contributed by atoms with Crippen LogP contribution in [0.5, 0.6) is 0 Å². The van der Waals surface area contributed by atoms with Gasteiger partial charge < -0.3 is 26.2 Å². The zero-order valence-corrected chi connectivity index (χ0v) is 22.6. The Balaban J connectivity index is 1.34. The van der Waals surface area contributed by atoms with Gasteiger partial charge in [-0.2, -0.15) is 0 Å². The Labute approximate surface area is 226 Å². The third-order valence-corrected chi connectivity index (χ3v) is 8.30. The summed E-state index contributed by atoms with van der Waals surface area (Å²) in [6, 6.07) is 10.3. The summed E-state index contributed by atoms with van der Waals surface area (Å²) >= 11 is 1.59. The van der Waals surface area contributed by atoms with Crippen molar-refractivity contribution >= 4 is 34.7 Å². The minimum absolute atomic E-state index is 0.0779. The first-order valence-electron chi connectivity index (χ1n) is 13.3. The zero-order chi connectivity index (χ0) is 26.6. The normalized spacial score (nSPS) is 26.5. The molecule has 6 atom stereocenters. The molecule has 3 aromatic rings. The highest BCUT2D eigenvalue weighted by Gasteiger charge is 2.44. The summed E-state index contributed by atoms with van der Waals surface area (Å²) in [5, 5.41) is 40.7. The van der Waals surface area contributed by atoms with Gasteiger partial charge in [0.05, 0.1) is 12.1 Å². The molecule has 2 aromatic heterocycles. The number of nitrogens with one attached hydrogen (secondary N) is 3. The van der Waals surface area contributed by atoms with Crippen molar-refractivity contribution in [1.29, 1.82) is 0 Å². The molecule has 12 heteroatoms. The summed E-state index contributed by atoms with van der Waals surface area (Å²) in [4.78, 5) is 20.6. The van der Waals surface area contributed by atoms with Crippen LogP contribution in [0.25, 0.3) is 11.2 Å². The minimum Gasteiger partial charge on any atom is -0.390 e. The van der Waals surface area contributed by atoms with Gasteiger partial charge in [-0.25, -0.2) is 14.6 Å². The molecule has 2 unspecified atom stereocenters. The summed E-state index contributed by atoms with van der Waals surface area (Å²) in [6.45, 7) is 5.21. The first-order chi connectivity index (χ1) is 18.5. The van der Waals surface area contributed by atoms with Gasteiger partial charge in [-0.15, -0.1) is 5.10 Å². The number of aromatic nitrogens is 5. The third-order valence-electron chi connectivity index (χ3n) is 7.25. The number of carbonyl (C=O) groups excluding carboxylic acids is 1. The fraction of sp³-hybridized carbons (Fsp3) is 0.577. The minimum atomic E-state index is -0.994. The monoisotopic (exact) mass is 540 g/mol. The first-order valence-corrected chi connectivity index (χ1v) is 14.3. The van der Waals surface area contributed by atoms with Gasteiger partial charge in [-0.3, -0.25) is 4.79 Å². The van der Waals surface area contributed by atoms with E-state index in [1.165, 1.54) is 12.5 Å². The molecule has 5 N–H and O–H groups in total. The van der Waals surface area contributed by atoms with Crippen LogP contribution >= 0.6 is 11.8 Å². The van der Waals surface area contributed by atoms with Crippen LogP contribution in [0, 0.1) is 5.92 Å². The maximum Gasteiger partial charge on any atom is 0.216 e. The van der Waals surface area contributed by atoms with E-state index in [-0.39, 0.29) is 17.9 Å². The van der Waals surface area contributed by atoms with Gasteiger partial charge in [-0.1, -0.05) is 54.2 Å². The standard InChI is InChI=1S/C26H36N8O3S/c1-3-11-38-26-30-24(29-19-13-18(19)16-7-5-4-6-8-16)21-25(31-26)34(33-32-21)20-12-17(22(36)23(20)37)14-27-9-10-28-15(2)35/h4-8,17-20,22-23,27,36-37H,3,9-14H2,1-2H3,(H,28,35)(H,29,30,31)/t17-,18?,19?,20-,22-,23+/m1/s1. The maximum atomic E-state index is 11.0. The topological polar surface area (TPSA) is 150 Å². The molecule has 0 aliphatic heterocycles. The Kier molecular flexibility index (Phi) is 8.42. The molecule has 2 aliphatic carbocycles. The number of fused-ring (bicyclic) bond motifs is 1. The number of benzene rings is 1. The number of amides is 1. The molecule has 2 saturated carbocycles. The lowest BCUT2D eigenvalue weighted by Gasteiger charge is -2.17. The van der Waals surface area contributed by atoms with E-state index in [4.69, 9.17) is 9.97 Å². The highest BCUT2D eigenvalue weighted by atomic mass is 32.2. The molecular weight excluding hydrogens is 504 g/mol. The van der Waals surface area contributed by atoms with E-state index < -0.39 is 18.2 Å². The van der Waals surface area contributed by atoms with Gasteiger partial charge in [0.25, 0.3) is 0 Å². The van der Waals surface area contributed by atoms with Crippen molar-refractivity contribution < 1.29 is 15.0 Å². The molecule has 11 nitrogen and oxygen atoms in total. The number of aliphatic hydroxyl groups excluding tert-OH is 2. The molecule has 5 rings (SSSR count). The number of anilines is 1. The van der Waals surface area contributed by atoms with Gasteiger partial charge in [0.1, 0.15) is 6.10 Å². The predicted octanol–water partition coefficient (Wildman–Crippen LogP) is 1.70.